The van der Waals surface area contributed by atoms with E-state index in [9.17, 15) is 4.79 Å². The Morgan fingerprint density at radius 3 is 2.60 bits per heavy atom. The largest absolute Gasteiger partial charge is 0.351 e. The van der Waals surface area contributed by atoms with Crippen LogP contribution in [0, 0.1) is 0 Å². The monoisotopic (exact) mass is 394 g/mol. The number of benzene rings is 3. The van der Waals surface area contributed by atoms with Crippen LogP contribution in [0.15, 0.2) is 85.1 Å². The van der Waals surface area contributed by atoms with Crippen LogP contribution in [0.4, 0.5) is 5.69 Å². The summed E-state index contributed by atoms with van der Waals surface area (Å²) < 4.78 is 4.05. The van der Waals surface area contributed by atoms with Crippen LogP contribution in [0.2, 0.25) is 0 Å². The number of aryl methyl sites for hydroxylation is 1. The Labute approximate surface area is 174 Å². The van der Waals surface area contributed by atoms with Crippen molar-refractivity contribution in [2.45, 2.75) is 6.54 Å². The minimum atomic E-state index is -0.153. The predicted octanol–water partition coefficient (Wildman–Crippen LogP) is 4.83. The highest BCUT2D eigenvalue weighted by Crippen LogP contribution is 2.26. The molecule has 0 unspecified atom stereocenters. The fraction of sp³-hybridized carbons (Fsp3) is 0.0800. The third-order valence-corrected chi connectivity index (χ3v) is 5.49. The maximum absolute atomic E-state index is 13.3. The molecule has 3 aromatic carbocycles. The molecule has 0 spiro atoms. The summed E-state index contributed by atoms with van der Waals surface area (Å²) in [5, 5.41) is 5.17. The highest BCUT2D eigenvalue weighted by Gasteiger charge is 2.17. The number of hydrogen-bond acceptors (Lipinski definition) is 2. The van der Waals surface area contributed by atoms with Crippen LogP contribution >= 0.6 is 0 Å². The Morgan fingerprint density at radius 1 is 0.900 bits per heavy atom. The number of nitrogens with one attached hydrogen (secondary N) is 1. The van der Waals surface area contributed by atoms with Crippen molar-refractivity contribution in [3.63, 3.8) is 0 Å². The average Bonchev–Trinajstić information content (AvgIpc) is 3.34. The summed E-state index contributed by atoms with van der Waals surface area (Å²) in [7, 11) is 2.01. The average molecular weight is 394 g/mol. The van der Waals surface area contributed by atoms with Crippen LogP contribution < -0.4 is 11.1 Å². The van der Waals surface area contributed by atoms with Gasteiger partial charge in [0.05, 0.1) is 5.52 Å². The van der Waals surface area contributed by atoms with E-state index in [4.69, 9.17) is 5.73 Å². The first kappa shape index (κ1) is 18.2. The van der Waals surface area contributed by atoms with E-state index < -0.39 is 0 Å². The van der Waals surface area contributed by atoms with Crippen molar-refractivity contribution in [1.82, 2.24) is 9.13 Å². The van der Waals surface area contributed by atoms with Gasteiger partial charge < -0.3 is 20.2 Å². The molecule has 5 aromatic rings. The first-order chi connectivity index (χ1) is 14.6. The number of fused-ring (bicyclic) bond motifs is 2. The van der Waals surface area contributed by atoms with Crippen LogP contribution in [0.1, 0.15) is 16.1 Å². The van der Waals surface area contributed by atoms with Crippen LogP contribution in [-0.2, 0) is 13.6 Å². The lowest BCUT2D eigenvalue weighted by molar-refractivity contribution is 0.102. The summed E-state index contributed by atoms with van der Waals surface area (Å²) in [6.45, 7) is 0.450. The SMILES string of the molecule is Cn1ccc2cc(NC(=O)c3cc4ccccc4n3-c3cccc(CN)c3)ccc21. The first-order valence-electron chi connectivity index (χ1n) is 9.90. The summed E-state index contributed by atoms with van der Waals surface area (Å²) in [5.41, 5.74) is 11.2. The maximum atomic E-state index is 13.3. The van der Waals surface area contributed by atoms with Gasteiger partial charge in [-0.25, -0.2) is 0 Å². The molecule has 3 N–H and O–H groups in total. The number of carbonyl (C=O) groups is 1. The van der Waals surface area contributed by atoms with E-state index in [1.54, 1.807) is 0 Å². The van der Waals surface area contributed by atoms with Gasteiger partial charge >= 0.3 is 0 Å². The zero-order chi connectivity index (χ0) is 20.7. The number of carbonyl (C=O) groups excluding carboxylic acids is 1. The molecule has 2 heterocycles. The Balaban J connectivity index is 1.59. The van der Waals surface area contributed by atoms with Gasteiger partial charge in [-0.3, -0.25) is 4.79 Å². The molecule has 1 amide bonds. The third-order valence-electron chi connectivity index (χ3n) is 5.49. The Bertz CT molecular complexity index is 1390. The topological polar surface area (TPSA) is 65.0 Å². The second-order valence-corrected chi connectivity index (χ2v) is 7.45. The van der Waals surface area contributed by atoms with Gasteiger partial charge in [0.15, 0.2) is 0 Å². The molecule has 5 heteroatoms. The molecular formula is C25H22N4O. The van der Waals surface area contributed by atoms with Crippen LogP contribution in [0.5, 0.6) is 0 Å². The van der Waals surface area contributed by atoms with E-state index >= 15 is 0 Å². The molecule has 5 nitrogen and oxygen atoms in total. The fourth-order valence-corrected chi connectivity index (χ4v) is 3.98. The number of para-hydroxylation sites is 1. The van der Waals surface area contributed by atoms with E-state index in [-0.39, 0.29) is 5.91 Å². The van der Waals surface area contributed by atoms with Crippen molar-refractivity contribution in [1.29, 1.82) is 0 Å². The number of amides is 1. The van der Waals surface area contributed by atoms with Crippen molar-refractivity contribution < 1.29 is 4.79 Å². The molecule has 2 aromatic heterocycles. The molecule has 0 saturated carbocycles. The molecule has 30 heavy (non-hydrogen) atoms. The number of nitrogens with two attached hydrogens (primary N) is 1. The summed E-state index contributed by atoms with van der Waals surface area (Å²) in [6, 6.07) is 25.9. The lowest BCUT2D eigenvalue weighted by Crippen LogP contribution is -2.16. The van der Waals surface area contributed by atoms with Crippen molar-refractivity contribution in [2.24, 2.45) is 12.8 Å². The molecule has 0 aliphatic rings. The number of anilines is 1. The van der Waals surface area contributed by atoms with Gasteiger partial charge in [0.2, 0.25) is 0 Å². The standard InChI is InChI=1S/C25H22N4O/c1-28-12-11-19-14-20(9-10-22(19)28)27-25(30)24-15-18-6-2-3-8-23(18)29(24)21-7-4-5-17(13-21)16-26/h2-15H,16,26H2,1H3,(H,27,30). The first-order valence-corrected chi connectivity index (χ1v) is 9.90. The predicted molar refractivity (Wildman–Crippen MR) is 122 cm³/mol. The third kappa shape index (κ3) is 3.06. The smallest absolute Gasteiger partial charge is 0.272 e. The molecule has 5 rings (SSSR count). The highest BCUT2D eigenvalue weighted by atomic mass is 16.1. The van der Waals surface area contributed by atoms with Crippen LogP contribution in [0.25, 0.3) is 27.5 Å². The maximum Gasteiger partial charge on any atom is 0.272 e. The summed E-state index contributed by atoms with van der Waals surface area (Å²) in [4.78, 5) is 13.3. The minimum Gasteiger partial charge on any atom is -0.351 e. The molecule has 0 atom stereocenters. The molecule has 0 aliphatic heterocycles. The van der Waals surface area contributed by atoms with Gasteiger partial charge in [0.25, 0.3) is 5.91 Å². The molecular weight excluding hydrogens is 372 g/mol. The lowest BCUT2D eigenvalue weighted by atomic mass is 10.2. The van der Waals surface area contributed by atoms with E-state index in [1.165, 1.54) is 0 Å². The number of aromatic nitrogens is 2. The van der Waals surface area contributed by atoms with Crippen LogP contribution in [0.3, 0.4) is 0 Å². The van der Waals surface area contributed by atoms with Gasteiger partial charge in [0, 0.05) is 47.5 Å². The molecule has 0 saturated heterocycles. The van der Waals surface area contributed by atoms with Gasteiger partial charge in [-0.15, -0.1) is 0 Å². The number of rotatable bonds is 4. The van der Waals surface area contributed by atoms with E-state index in [1.807, 2.05) is 96.7 Å². The van der Waals surface area contributed by atoms with E-state index in [0.717, 1.165) is 38.7 Å². The highest BCUT2D eigenvalue weighted by molar-refractivity contribution is 6.07. The zero-order valence-electron chi connectivity index (χ0n) is 16.7. The lowest BCUT2D eigenvalue weighted by Gasteiger charge is -2.12. The second kappa shape index (κ2) is 7.21. The molecule has 148 valence electrons. The summed E-state index contributed by atoms with van der Waals surface area (Å²) in [5.74, 6) is -0.153. The molecule has 0 bridgehead atoms. The van der Waals surface area contributed by atoms with Crippen molar-refractivity contribution >= 4 is 33.4 Å². The Morgan fingerprint density at radius 2 is 1.73 bits per heavy atom. The fourth-order valence-electron chi connectivity index (χ4n) is 3.98. The number of hydrogen-bond donors (Lipinski definition) is 2. The van der Waals surface area contributed by atoms with Crippen molar-refractivity contribution in [2.75, 3.05) is 5.32 Å². The van der Waals surface area contributed by atoms with Crippen LogP contribution in [-0.4, -0.2) is 15.0 Å². The minimum absolute atomic E-state index is 0.153. The zero-order valence-corrected chi connectivity index (χ0v) is 16.7. The number of nitrogens with zero attached hydrogens (tertiary/aromatic N) is 2. The quantitative estimate of drug-likeness (QED) is 0.458. The Kier molecular flexibility index (Phi) is 4.38. The Hall–Kier alpha value is -3.83. The summed E-state index contributed by atoms with van der Waals surface area (Å²) >= 11 is 0. The van der Waals surface area contributed by atoms with Gasteiger partial charge in [-0.1, -0.05) is 30.3 Å². The molecule has 0 aliphatic carbocycles. The second-order valence-electron chi connectivity index (χ2n) is 7.45. The van der Waals surface area contributed by atoms with Gasteiger partial charge in [-0.2, -0.15) is 0 Å². The molecule has 0 radical (unpaired) electrons. The normalized spacial score (nSPS) is 11.3. The van der Waals surface area contributed by atoms with Gasteiger partial charge in [0.1, 0.15) is 5.69 Å². The molecule has 0 fully saturated rings. The van der Waals surface area contributed by atoms with E-state index in [0.29, 0.717) is 12.2 Å². The van der Waals surface area contributed by atoms with Gasteiger partial charge in [-0.05, 0) is 54.1 Å². The van der Waals surface area contributed by atoms with Crippen molar-refractivity contribution in [3.8, 4) is 5.69 Å². The summed E-state index contributed by atoms with van der Waals surface area (Å²) in [6.07, 6.45) is 2.01. The van der Waals surface area contributed by atoms with Crippen molar-refractivity contribution in [3.05, 3.63) is 96.3 Å². The van der Waals surface area contributed by atoms with E-state index in [2.05, 4.69) is 9.88 Å².